The quantitative estimate of drug-likeness (QED) is 0.705. The Labute approximate surface area is 152 Å². The van der Waals surface area contributed by atoms with Crippen molar-refractivity contribution < 1.29 is 4.74 Å². The van der Waals surface area contributed by atoms with E-state index in [0.717, 1.165) is 48.9 Å². The maximum atomic E-state index is 5.75. The zero-order valence-corrected chi connectivity index (χ0v) is 14.4. The molecule has 6 nitrogen and oxygen atoms in total. The third kappa shape index (κ3) is 3.75. The zero-order valence-electron chi connectivity index (χ0n) is 14.4. The van der Waals surface area contributed by atoms with Crippen LogP contribution < -0.4 is 16.0 Å². The first-order chi connectivity index (χ1) is 12.8. The van der Waals surface area contributed by atoms with Crippen LogP contribution in [0.2, 0.25) is 0 Å². The Balaban J connectivity index is 1.48. The van der Waals surface area contributed by atoms with Crippen molar-refractivity contribution in [1.29, 1.82) is 0 Å². The molecule has 0 spiro atoms. The topological polar surface area (TPSA) is 76.3 Å². The number of ether oxygens (including phenoxy) is 1. The minimum atomic E-state index is 0.568. The second-order valence-corrected chi connectivity index (χ2v) is 6.16. The van der Waals surface area contributed by atoms with Gasteiger partial charge in [-0.05, 0) is 42.5 Å². The van der Waals surface area contributed by atoms with E-state index < -0.39 is 0 Å². The lowest BCUT2D eigenvalue weighted by Gasteiger charge is -2.28. The summed E-state index contributed by atoms with van der Waals surface area (Å²) < 4.78 is 5.40. The van der Waals surface area contributed by atoms with E-state index in [1.165, 1.54) is 5.69 Å². The van der Waals surface area contributed by atoms with Crippen molar-refractivity contribution in [3.63, 3.8) is 0 Å². The number of anilines is 4. The molecule has 3 N–H and O–H groups in total. The number of nitrogen functional groups attached to an aromatic ring is 1. The molecule has 0 unspecified atom stereocenters. The normalized spacial score (nSPS) is 14.2. The van der Waals surface area contributed by atoms with Crippen LogP contribution in [-0.4, -0.2) is 36.3 Å². The van der Waals surface area contributed by atoms with Crippen LogP contribution in [0.4, 0.5) is 23.0 Å². The van der Waals surface area contributed by atoms with Crippen LogP contribution in [0.1, 0.15) is 0 Å². The first-order valence-corrected chi connectivity index (χ1v) is 8.67. The molecule has 1 fully saturated rings. The molecule has 4 rings (SSSR count). The molecule has 0 radical (unpaired) electrons. The fourth-order valence-corrected chi connectivity index (χ4v) is 2.94. The number of rotatable bonds is 4. The number of nitrogens with one attached hydrogen (secondary N) is 1. The molecule has 1 saturated heterocycles. The van der Waals surface area contributed by atoms with Crippen molar-refractivity contribution >= 4 is 23.0 Å². The number of hydrogen-bond donors (Lipinski definition) is 2. The van der Waals surface area contributed by atoms with Crippen LogP contribution in [0.15, 0.2) is 60.8 Å². The highest BCUT2D eigenvalue weighted by Crippen LogP contribution is 2.23. The average Bonchev–Trinajstić information content (AvgIpc) is 2.70. The Hall–Kier alpha value is -3.12. The largest absolute Gasteiger partial charge is 0.399 e. The Morgan fingerprint density at radius 2 is 1.65 bits per heavy atom. The highest BCUT2D eigenvalue weighted by atomic mass is 16.5. The highest BCUT2D eigenvalue weighted by molar-refractivity contribution is 5.64. The lowest BCUT2D eigenvalue weighted by molar-refractivity contribution is 0.122. The van der Waals surface area contributed by atoms with Gasteiger partial charge in [0.2, 0.25) is 5.95 Å². The van der Waals surface area contributed by atoms with E-state index in [0.29, 0.717) is 5.95 Å². The van der Waals surface area contributed by atoms with Crippen LogP contribution in [0.25, 0.3) is 11.3 Å². The smallest absolute Gasteiger partial charge is 0.227 e. The van der Waals surface area contributed by atoms with Crippen LogP contribution >= 0.6 is 0 Å². The second-order valence-electron chi connectivity index (χ2n) is 6.16. The van der Waals surface area contributed by atoms with Gasteiger partial charge in [0.25, 0.3) is 0 Å². The van der Waals surface area contributed by atoms with Crippen molar-refractivity contribution in [2.75, 3.05) is 42.3 Å². The van der Waals surface area contributed by atoms with Crippen molar-refractivity contribution in [1.82, 2.24) is 9.97 Å². The van der Waals surface area contributed by atoms with E-state index in [4.69, 9.17) is 10.5 Å². The molecule has 2 heterocycles. The predicted octanol–water partition coefficient (Wildman–Crippen LogP) is 3.31. The van der Waals surface area contributed by atoms with Crippen molar-refractivity contribution in [2.45, 2.75) is 0 Å². The SMILES string of the molecule is Nc1ccc(-c2ccnc(Nc3ccc(N4CCOCC4)cc3)n2)cc1. The Morgan fingerprint density at radius 3 is 2.38 bits per heavy atom. The molecule has 0 atom stereocenters. The number of benzene rings is 2. The van der Waals surface area contributed by atoms with Crippen LogP contribution in [0.5, 0.6) is 0 Å². The fourth-order valence-electron chi connectivity index (χ4n) is 2.94. The minimum absolute atomic E-state index is 0.568. The summed E-state index contributed by atoms with van der Waals surface area (Å²) in [5.41, 5.74) is 10.5. The highest BCUT2D eigenvalue weighted by Gasteiger charge is 2.11. The van der Waals surface area contributed by atoms with E-state index in [9.17, 15) is 0 Å². The molecule has 0 aliphatic carbocycles. The summed E-state index contributed by atoms with van der Waals surface area (Å²) in [5, 5.41) is 3.27. The summed E-state index contributed by atoms with van der Waals surface area (Å²) in [4.78, 5) is 11.2. The predicted molar refractivity (Wildman–Crippen MR) is 105 cm³/mol. The second kappa shape index (κ2) is 7.41. The van der Waals surface area contributed by atoms with Gasteiger partial charge < -0.3 is 20.7 Å². The molecular formula is C20H21N5O. The maximum Gasteiger partial charge on any atom is 0.227 e. The number of hydrogen-bond acceptors (Lipinski definition) is 6. The number of aromatic nitrogens is 2. The van der Waals surface area contributed by atoms with E-state index in [-0.39, 0.29) is 0 Å². The Morgan fingerprint density at radius 1 is 0.923 bits per heavy atom. The van der Waals surface area contributed by atoms with E-state index in [1.807, 2.05) is 42.5 Å². The van der Waals surface area contributed by atoms with Gasteiger partial charge in [0.1, 0.15) is 0 Å². The maximum absolute atomic E-state index is 5.75. The molecule has 26 heavy (non-hydrogen) atoms. The number of morpholine rings is 1. The lowest BCUT2D eigenvalue weighted by atomic mass is 10.1. The summed E-state index contributed by atoms with van der Waals surface area (Å²) in [6.07, 6.45) is 1.75. The molecule has 2 aromatic carbocycles. The molecule has 0 amide bonds. The van der Waals surface area contributed by atoms with Gasteiger partial charge in [0.05, 0.1) is 18.9 Å². The third-order valence-electron chi connectivity index (χ3n) is 4.36. The third-order valence-corrected chi connectivity index (χ3v) is 4.36. The molecule has 6 heteroatoms. The summed E-state index contributed by atoms with van der Waals surface area (Å²) in [6, 6.07) is 17.8. The molecule has 1 aromatic heterocycles. The van der Waals surface area contributed by atoms with Gasteiger partial charge in [-0.3, -0.25) is 0 Å². The van der Waals surface area contributed by atoms with Crippen molar-refractivity contribution in [2.24, 2.45) is 0 Å². The summed E-state index contributed by atoms with van der Waals surface area (Å²) in [7, 11) is 0. The van der Waals surface area contributed by atoms with Crippen LogP contribution in [0, 0.1) is 0 Å². The summed E-state index contributed by atoms with van der Waals surface area (Å²) in [5.74, 6) is 0.568. The van der Waals surface area contributed by atoms with Crippen LogP contribution in [0.3, 0.4) is 0 Å². The van der Waals surface area contributed by atoms with Gasteiger partial charge >= 0.3 is 0 Å². The van der Waals surface area contributed by atoms with Gasteiger partial charge in [0, 0.05) is 41.9 Å². The Kier molecular flexibility index (Phi) is 4.66. The standard InChI is InChI=1S/C20H21N5O/c21-16-3-1-15(2-4-16)19-9-10-22-20(24-19)23-17-5-7-18(8-6-17)25-11-13-26-14-12-25/h1-10H,11-14,21H2,(H,22,23,24). The van der Waals surface area contributed by atoms with Gasteiger partial charge in [-0.15, -0.1) is 0 Å². The Bertz CT molecular complexity index is 858. The van der Waals surface area contributed by atoms with Crippen molar-refractivity contribution in [3.8, 4) is 11.3 Å². The van der Waals surface area contributed by atoms with Crippen molar-refractivity contribution in [3.05, 3.63) is 60.8 Å². The molecule has 0 saturated carbocycles. The lowest BCUT2D eigenvalue weighted by Crippen LogP contribution is -2.36. The molecule has 0 bridgehead atoms. The van der Waals surface area contributed by atoms with Gasteiger partial charge in [-0.2, -0.15) is 0 Å². The number of nitrogens with two attached hydrogens (primary N) is 1. The van der Waals surface area contributed by atoms with Gasteiger partial charge in [0.15, 0.2) is 0 Å². The van der Waals surface area contributed by atoms with Gasteiger partial charge in [-0.1, -0.05) is 12.1 Å². The number of nitrogens with zero attached hydrogens (tertiary/aromatic N) is 3. The van der Waals surface area contributed by atoms with E-state index in [2.05, 4.69) is 32.3 Å². The van der Waals surface area contributed by atoms with Crippen LogP contribution in [-0.2, 0) is 4.74 Å². The van der Waals surface area contributed by atoms with Gasteiger partial charge in [-0.25, -0.2) is 9.97 Å². The molecule has 3 aromatic rings. The molecule has 1 aliphatic heterocycles. The summed E-state index contributed by atoms with van der Waals surface area (Å²) >= 11 is 0. The molecule has 132 valence electrons. The minimum Gasteiger partial charge on any atom is -0.399 e. The monoisotopic (exact) mass is 347 g/mol. The first kappa shape index (κ1) is 16.4. The first-order valence-electron chi connectivity index (χ1n) is 8.67. The van der Waals surface area contributed by atoms with E-state index in [1.54, 1.807) is 6.20 Å². The summed E-state index contributed by atoms with van der Waals surface area (Å²) in [6.45, 7) is 3.43. The zero-order chi connectivity index (χ0) is 17.8. The molecular weight excluding hydrogens is 326 g/mol. The molecule has 1 aliphatic rings. The van der Waals surface area contributed by atoms with E-state index >= 15 is 0 Å². The fraction of sp³-hybridized carbons (Fsp3) is 0.200. The average molecular weight is 347 g/mol.